The Labute approximate surface area is 113 Å². The molecule has 2 aliphatic rings. The van der Waals surface area contributed by atoms with Crippen LogP contribution in [0.4, 0.5) is 0 Å². The van der Waals surface area contributed by atoms with Crippen molar-refractivity contribution in [1.29, 1.82) is 0 Å². The molecule has 0 radical (unpaired) electrons. The van der Waals surface area contributed by atoms with Crippen LogP contribution in [-0.4, -0.2) is 37.0 Å². The lowest BCUT2D eigenvalue weighted by molar-refractivity contribution is -0.190. The van der Waals surface area contributed by atoms with Crippen LogP contribution in [0.2, 0.25) is 5.02 Å². The quantitative estimate of drug-likeness (QED) is 0.822. The molecule has 1 aromatic carbocycles. The zero-order chi connectivity index (χ0) is 12.4. The monoisotopic (exact) mass is 267 g/mol. The van der Waals surface area contributed by atoms with Crippen LogP contribution in [0.1, 0.15) is 18.4 Å². The van der Waals surface area contributed by atoms with E-state index in [1.54, 1.807) is 0 Å². The van der Waals surface area contributed by atoms with Crippen LogP contribution >= 0.6 is 11.6 Å². The van der Waals surface area contributed by atoms with Gasteiger partial charge in [0, 0.05) is 18.0 Å². The molecule has 0 saturated carbocycles. The molecule has 1 aromatic rings. The standard InChI is InChI=1S/C14H18ClNO2/c15-13-5-2-1-4-12(13)10-16-7-3-6-14(11-16)17-8-9-18-14/h1-2,4-5H,3,6-11H2. The summed E-state index contributed by atoms with van der Waals surface area (Å²) in [7, 11) is 0. The normalized spacial score (nSPS) is 23.6. The maximum Gasteiger partial charge on any atom is 0.181 e. The molecule has 0 amide bonds. The Morgan fingerprint density at radius 1 is 1.22 bits per heavy atom. The van der Waals surface area contributed by atoms with Crippen LogP contribution < -0.4 is 0 Å². The molecule has 2 saturated heterocycles. The first kappa shape index (κ1) is 12.4. The minimum Gasteiger partial charge on any atom is -0.346 e. The molecule has 2 aliphatic heterocycles. The average Bonchev–Trinajstić information content (AvgIpc) is 2.80. The maximum absolute atomic E-state index is 6.21. The van der Waals surface area contributed by atoms with Gasteiger partial charge in [-0.3, -0.25) is 4.90 Å². The molecule has 2 heterocycles. The summed E-state index contributed by atoms with van der Waals surface area (Å²) in [4.78, 5) is 2.37. The van der Waals surface area contributed by atoms with E-state index in [4.69, 9.17) is 21.1 Å². The third-order valence-corrected chi connectivity index (χ3v) is 4.03. The number of hydrogen-bond acceptors (Lipinski definition) is 3. The van der Waals surface area contributed by atoms with Gasteiger partial charge in [-0.25, -0.2) is 0 Å². The molecule has 0 atom stereocenters. The van der Waals surface area contributed by atoms with Gasteiger partial charge in [-0.2, -0.15) is 0 Å². The second-order valence-electron chi connectivity index (χ2n) is 5.01. The summed E-state index contributed by atoms with van der Waals surface area (Å²) in [5.41, 5.74) is 1.18. The predicted octanol–water partition coefficient (Wildman–Crippen LogP) is 2.68. The molecule has 0 aliphatic carbocycles. The predicted molar refractivity (Wildman–Crippen MR) is 70.6 cm³/mol. The van der Waals surface area contributed by atoms with Crippen LogP contribution in [0, 0.1) is 0 Å². The van der Waals surface area contributed by atoms with Gasteiger partial charge in [-0.05, 0) is 24.6 Å². The van der Waals surface area contributed by atoms with Crippen LogP contribution in [-0.2, 0) is 16.0 Å². The van der Waals surface area contributed by atoms with E-state index in [0.717, 1.165) is 50.7 Å². The number of piperidine rings is 1. The van der Waals surface area contributed by atoms with E-state index in [0.29, 0.717) is 0 Å². The van der Waals surface area contributed by atoms with E-state index in [1.165, 1.54) is 5.56 Å². The first-order valence-corrected chi connectivity index (χ1v) is 6.89. The van der Waals surface area contributed by atoms with Gasteiger partial charge < -0.3 is 9.47 Å². The van der Waals surface area contributed by atoms with Gasteiger partial charge in [0.1, 0.15) is 0 Å². The molecular weight excluding hydrogens is 250 g/mol. The summed E-state index contributed by atoms with van der Waals surface area (Å²) < 4.78 is 11.6. The molecule has 1 spiro atoms. The molecule has 0 N–H and O–H groups in total. The van der Waals surface area contributed by atoms with Crippen LogP contribution in [0.3, 0.4) is 0 Å². The van der Waals surface area contributed by atoms with Crippen molar-refractivity contribution in [2.45, 2.75) is 25.2 Å². The van der Waals surface area contributed by atoms with Crippen molar-refractivity contribution >= 4 is 11.6 Å². The fraction of sp³-hybridized carbons (Fsp3) is 0.571. The van der Waals surface area contributed by atoms with E-state index < -0.39 is 0 Å². The van der Waals surface area contributed by atoms with E-state index in [-0.39, 0.29) is 5.79 Å². The Morgan fingerprint density at radius 2 is 2.00 bits per heavy atom. The number of rotatable bonds is 2. The number of benzene rings is 1. The molecule has 98 valence electrons. The van der Waals surface area contributed by atoms with Crippen molar-refractivity contribution in [3.8, 4) is 0 Å². The average molecular weight is 268 g/mol. The lowest BCUT2D eigenvalue weighted by Crippen LogP contribution is -2.48. The Hall–Kier alpha value is -0.610. The lowest BCUT2D eigenvalue weighted by atomic mass is 10.0. The summed E-state index contributed by atoms with van der Waals surface area (Å²) in [6.07, 6.45) is 2.12. The van der Waals surface area contributed by atoms with Gasteiger partial charge in [0.05, 0.1) is 19.8 Å². The Balaban J connectivity index is 1.68. The highest BCUT2D eigenvalue weighted by Crippen LogP contribution is 2.31. The number of hydrogen-bond donors (Lipinski definition) is 0. The number of ether oxygens (including phenoxy) is 2. The first-order valence-electron chi connectivity index (χ1n) is 6.51. The molecule has 18 heavy (non-hydrogen) atoms. The molecule has 0 unspecified atom stereocenters. The topological polar surface area (TPSA) is 21.7 Å². The van der Waals surface area contributed by atoms with Gasteiger partial charge in [-0.1, -0.05) is 29.8 Å². The Bertz CT molecular complexity index is 418. The second kappa shape index (κ2) is 5.17. The highest BCUT2D eigenvalue weighted by Gasteiger charge is 2.40. The minimum absolute atomic E-state index is 0.348. The highest BCUT2D eigenvalue weighted by atomic mass is 35.5. The van der Waals surface area contributed by atoms with E-state index in [1.807, 2.05) is 18.2 Å². The summed E-state index contributed by atoms with van der Waals surface area (Å²) in [5.74, 6) is -0.348. The smallest absolute Gasteiger partial charge is 0.181 e. The fourth-order valence-corrected chi connectivity index (χ4v) is 3.00. The fourth-order valence-electron chi connectivity index (χ4n) is 2.81. The summed E-state index contributed by atoms with van der Waals surface area (Å²) in [6, 6.07) is 8.02. The zero-order valence-electron chi connectivity index (χ0n) is 10.4. The molecule has 0 aromatic heterocycles. The number of nitrogens with zero attached hydrogens (tertiary/aromatic N) is 1. The van der Waals surface area contributed by atoms with E-state index in [9.17, 15) is 0 Å². The summed E-state index contributed by atoms with van der Waals surface area (Å²) in [5, 5.41) is 0.838. The lowest BCUT2D eigenvalue weighted by Gasteiger charge is -2.38. The van der Waals surface area contributed by atoms with Gasteiger partial charge in [0.15, 0.2) is 5.79 Å². The SMILES string of the molecule is Clc1ccccc1CN1CCCC2(C1)OCCO2. The van der Waals surface area contributed by atoms with Crippen molar-refractivity contribution in [3.05, 3.63) is 34.9 Å². The van der Waals surface area contributed by atoms with Crippen LogP contribution in [0.15, 0.2) is 24.3 Å². The summed E-state index contributed by atoms with van der Waals surface area (Å²) >= 11 is 6.21. The van der Waals surface area contributed by atoms with Crippen molar-refractivity contribution in [2.24, 2.45) is 0 Å². The molecule has 3 nitrogen and oxygen atoms in total. The third-order valence-electron chi connectivity index (χ3n) is 3.66. The van der Waals surface area contributed by atoms with Crippen molar-refractivity contribution in [3.63, 3.8) is 0 Å². The van der Waals surface area contributed by atoms with Crippen LogP contribution in [0.5, 0.6) is 0 Å². The Kier molecular flexibility index (Phi) is 3.57. The zero-order valence-corrected chi connectivity index (χ0v) is 11.2. The van der Waals surface area contributed by atoms with Gasteiger partial charge >= 0.3 is 0 Å². The minimum atomic E-state index is -0.348. The second-order valence-corrected chi connectivity index (χ2v) is 5.42. The third kappa shape index (κ3) is 2.54. The van der Waals surface area contributed by atoms with Gasteiger partial charge in [0.25, 0.3) is 0 Å². The first-order chi connectivity index (χ1) is 8.77. The van der Waals surface area contributed by atoms with Crippen molar-refractivity contribution in [1.82, 2.24) is 4.90 Å². The Morgan fingerprint density at radius 3 is 2.78 bits per heavy atom. The van der Waals surface area contributed by atoms with Crippen molar-refractivity contribution in [2.75, 3.05) is 26.3 Å². The number of likely N-dealkylation sites (tertiary alicyclic amines) is 1. The van der Waals surface area contributed by atoms with Gasteiger partial charge in [-0.15, -0.1) is 0 Å². The molecule has 3 rings (SSSR count). The van der Waals surface area contributed by atoms with E-state index >= 15 is 0 Å². The molecule has 4 heteroatoms. The van der Waals surface area contributed by atoms with E-state index in [2.05, 4.69) is 11.0 Å². The maximum atomic E-state index is 6.21. The van der Waals surface area contributed by atoms with Crippen molar-refractivity contribution < 1.29 is 9.47 Å². The largest absolute Gasteiger partial charge is 0.346 e. The molecular formula is C14H18ClNO2. The summed E-state index contributed by atoms with van der Waals surface area (Å²) in [6.45, 7) is 4.24. The molecule has 2 fully saturated rings. The highest BCUT2D eigenvalue weighted by molar-refractivity contribution is 6.31. The number of halogens is 1. The van der Waals surface area contributed by atoms with Crippen LogP contribution in [0.25, 0.3) is 0 Å². The van der Waals surface area contributed by atoms with Gasteiger partial charge in [0.2, 0.25) is 0 Å². The molecule has 0 bridgehead atoms.